The molecule has 0 saturated heterocycles. The van der Waals surface area contributed by atoms with Crippen LogP contribution in [0.15, 0.2) is 67.0 Å². The summed E-state index contributed by atoms with van der Waals surface area (Å²) in [6, 6.07) is 18.7. The number of hydrogen-bond acceptors (Lipinski definition) is 2. The molecule has 1 aromatic heterocycles. The molecular formula is C18H21ClN2. The second kappa shape index (κ2) is 9.89. The van der Waals surface area contributed by atoms with Crippen molar-refractivity contribution in [2.75, 3.05) is 0 Å². The Balaban J connectivity index is 0.000000200. The summed E-state index contributed by atoms with van der Waals surface area (Å²) in [5, 5.41) is 9.80. The predicted octanol–water partition coefficient (Wildman–Crippen LogP) is 5.08. The van der Waals surface area contributed by atoms with Gasteiger partial charge in [0.1, 0.15) is 0 Å². The van der Waals surface area contributed by atoms with Gasteiger partial charge in [0.2, 0.25) is 0 Å². The monoisotopic (exact) mass is 300 g/mol. The molecule has 21 heavy (non-hydrogen) atoms. The van der Waals surface area contributed by atoms with E-state index in [0.29, 0.717) is 0 Å². The van der Waals surface area contributed by atoms with Crippen LogP contribution in [-0.2, 0) is 6.42 Å². The van der Waals surface area contributed by atoms with Gasteiger partial charge in [-0.2, -0.15) is 10.2 Å². The summed E-state index contributed by atoms with van der Waals surface area (Å²) in [5.41, 5.74) is 1.46. The minimum Gasteiger partial charge on any atom is -0.158 e. The molecule has 0 aliphatic rings. The van der Waals surface area contributed by atoms with Crippen molar-refractivity contribution in [3.8, 4) is 0 Å². The minimum atomic E-state index is 0. The molecule has 0 unspecified atom stereocenters. The number of rotatable bonds is 3. The maximum atomic E-state index is 3.76. The van der Waals surface area contributed by atoms with Crippen LogP contribution in [0.5, 0.6) is 0 Å². The normalized spacial score (nSPS) is 9.38. The zero-order valence-corrected chi connectivity index (χ0v) is 13.1. The first-order chi connectivity index (χ1) is 9.90. The lowest BCUT2D eigenvalue weighted by molar-refractivity contribution is 0.795. The summed E-state index contributed by atoms with van der Waals surface area (Å²) in [5.74, 6) is 0. The van der Waals surface area contributed by atoms with E-state index in [4.69, 9.17) is 0 Å². The van der Waals surface area contributed by atoms with Crippen molar-refractivity contribution < 1.29 is 0 Å². The number of nitrogens with zero attached hydrogens (tertiary/aromatic N) is 2. The van der Waals surface area contributed by atoms with Crippen LogP contribution in [0, 0.1) is 0 Å². The molecule has 0 spiro atoms. The van der Waals surface area contributed by atoms with Gasteiger partial charge in [0.15, 0.2) is 0 Å². The molecule has 0 N–H and O–H groups in total. The Morgan fingerprint density at radius 1 is 0.762 bits per heavy atom. The van der Waals surface area contributed by atoms with Crippen LogP contribution in [0.1, 0.15) is 25.3 Å². The van der Waals surface area contributed by atoms with Crippen LogP contribution in [0.2, 0.25) is 0 Å². The number of fused-ring (bicyclic) bond motifs is 1. The number of hydrogen-bond donors (Lipinski definition) is 0. The van der Waals surface area contributed by atoms with Gasteiger partial charge in [-0.15, -0.1) is 12.4 Å². The molecule has 0 saturated carbocycles. The molecule has 2 aromatic carbocycles. The average Bonchev–Trinajstić information content (AvgIpc) is 2.55. The Bertz CT molecular complexity index is 561. The molecule has 3 heteroatoms. The van der Waals surface area contributed by atoms with Gasteiger partial charge in [0.25, 0.3) is 0 Å². The number of benzene rings is 2. The Kier molecular flexibility index (Phi) is 8.07. The van der Waals surface area contributed by atoms with E-state index < -0.39 is 0 Å². The first kappa shape index (κ1) is 17.1. The Morgan fingerprint density at radius 2 is 1.29 bits per heavy atom. The number of aryl methyl sites for hydroxylation is 1. The fourth-order valence-electron chi connectivity index (χ4n) is 1.96. The summed E-state index contributed by atoms with van der Waals surface area (Å²) >= 11 is 0. The summed E-state index contributed by atoms with van der Waals surface area (Å²) in [6.45, 7) is 2.23. The highest BCUT2D eigenvalue weighted by Crippen LogP contribution is 2.08. The van der Waals surface area contributed by atoms with E-state index in [9.17, 15) is 0 Å². The third-order valence-corrected chi connectivity index (χ3v) is 3.12. The standard InChI is InChI=1S/C10H14.C8H6N2.ClH/c1-2-3-7-10-8-5-4-6-9-10;1-2-4-8-6-10-9-5-7(8)3-1;/h4-6,8-9H,2-3,7H2,1H3;1-6H;1H. The lowest BCUT2D eigenvalue weighted by atomic mass is 10.1. The predicted molar refractivity (Wildman–Crippen MR) is 91.8 cm³/mol. The summed E-state index contributed by atoms with van der Waals surface area (Å²) in [6.07, 6.45) is 7.35. The maximum absolute atomic E-state index is 3.76. The van der Waals surface area contributed by atoms with Crippen LogP contribution in [0.4, 0.5) is 0 Å². The molecule has 2 nitrogen and oxygen atoms in total. The van der Waals surface area contributed by atoms with Gasteiger partial charge in [0, 0.05) is 10.8 Å². The molecule has 3 rings (SSSR count). The average molecular weight is 301 g/mol. The molecule has 0 aliphatic heterocycles. The van der Waals surface area contributed by atoms with E-state index in [1.54, 1.807) is 12.4 Å². The van der Waals surface area contributed by atoms with Gasteiger partial charge in [-0.25, -0.2) is 0 Å². The molecule has 3 aromatic rings. The first-order valence-electron chi connectivity index (χ1n) is 7.09. The highest BCUT2D eigenvalue weighted by molar-refractivity contribution is 5.85. The minimum absolute atomic E-state index is 0. The molecule has 0 fully saturated rings. The van der Waals surface area contributed by atoms with Crippen molar-refractivity contribution >= 4 is 23.2 Å². The van der Waals surface area contributed by atoms with Crippen molar-refractivity contribution in [1.82, 2.24) is 10.2 Å². The van der Waals surface area contributed by atoms with Crippen molar-refractivity contribution in [3.63, 3.8) is 0 Å². The molecular weight excluding hydrogens is 280 g/mol. The van der Waals surface area contributed by atoms with E-state index in [0.717, 1.165) is 10.8 Å². The lowest BCUT2D eigenvalue weighted by Crippen LogP contribution is -1.81. The van der Waals surface area contributed by atoms with Gasteiger partial charge in [-0.1, -0.05) is 67.9 Å². The van der Waals surface area contributed by atoms with Crippen molar-refractivity contribution in [3.05, 3.63) is 72.6 Å². The molecule has 0 radical (unpaired) electrons. The summed E-state index contributed by atoms with van der Waals surface area (Å²) < 4.78 is 0. The zero-order valence-electron chi connectivity index (χ0n) is 12.3. The Hall–Kier alpha value is -1.93. The van der Waals surface area contributed by atoms with Gasteiger partial charge >= 0.3 is 0 Å². The molecule has 0 bridgehead atoms. The molecule has 1 heterocycles. The third kappa shape index (κ3) is 5.92. The van der Waals surface area contributed by atoms with Gasteiger partial charge < -0.3 is 0 Å². The zero-order chi connectivity index (χ0) is 14.0. The van der Waals surface area contributed by atoms with Crippen LogP contribution in [0.25, 0.3) is 10.8 Å². The lowest BCUT2D eigenvalue weighted by Gasteiger charge is -1.96. The highest BCUT2D eigenvalue weighted by atomic mass is 35.5. The van der Waals surface area contributed by atoms with E-state index in [1.807, 2.05) is 24.3 Å². The fraction of sp³-hybridized carbons (Fsp3) is 0.222. The summed E-state index contributed by atoms with van der Waals surface area (Å²) in [7, 11) is 0. The van der Waals surface area contributed by atoms with Crippen LogP contribution in [-0.4, -0.2) is 10.2 Å². The fourth-order valence-corrected chi connectivity index (χ4v) is 1.96. The van der Waals surface area contributed by atoms with Crippen molar-refractivity contribution in [2.24, 2.45) is 0 Å². The molecule has 0 atom stereocenters. The van der Waals surface area contributed by atoms with E-state index >= 15 is 0 Å². The number of aromatic nitrogens is 2. The number of halogens is 1. The van der Waals surface area contributed by atoms with Crippen molar-refractivity contribution in [2.45, 2.75) is 26.2 Å². The van der Waals surface area contributed by atoms with Crippen LogP contribution < -0.4 is 0 Å². The topological polar surface area (TPSA) is 25.8 Å². The first-order valence-corrected chi connectivity index (χ1v) is 7.09. The number of unbranched alkanes of at least 4 members (excludes halogenated alkanes) is 1. The molecule has 0 aliphatic carbocycles. The van der Waals surface area contributed by atoms with Crippen LogP contribution >= 0.6 is 12.4 Å². The maximum Gasteiger partial charge on any atom is 0.0574 e. The third-order valence-electron chi connectivity index (χ3n) is 3.12. The van der Waals surface area contributed by atoms with Gasteiger partial charge in [0.05, 0.1) is 12.4 Å². The van der Waals surface area contributed by atoms with E-state index in [2.05, 4.69) is 47.5 Å². The summed E-state index contributed by atoms with van der Waals surface area (Å²) in [4.78, 5) is 0. The van der Waals surface area contributed by atoms with Gasteiger partial charge in [-0.3, -0.25) is 0 Å². The Morgan fingerprint density at radius 3 is 1.81 bits per heavy atom. The highest BCUT2D eigenvalue weighted by Gasteiger charge is 1.88. The second-order valence-electron chi connectivity index (χ2n) is 4.71. The van der Waals surface area contributed by atoms with Crippen molar-refractivity contribution in [1.29, 1.82) is 0 Å². The quantitative estimate of drug-likeness (QED) is 0.674. The Labute approximate surface area is 132 Å². The van der Waals surface area contributed by atoms with Gasteiger partial charge in [-0.05, 0) is 18.4 Å². The molecule has 0 amide bonds. The van der Waals surface area contributed by atoms with E-state index in [-0.39, 0.29) is 12.4 Å². The van der Waals surface area contributed by atoms with Crippen LogP contribution in [0.3, 0.4) is 0 Å². The largest absolute Gasteiger partial charge is 0.158 e. The second-order valence-corrected chi connectivity index (χ2v) is 4.71. The van der Waals surface area contributed by atoms with E-state index in [1.165, 1.54) is 24.8 Å². The smallest absolute Gasteiger partial charge is 0.0574 e. The SMILES string of the molecule is CCCCc1ccccc1.Cl.c1ccc2cnncc2c1. The molecule has 110 valence electrons.